The van der Waals surface area contributed by atoms with Gasteiger partial charge in [0.05, 0.1) is 0 Å². The molecule has 0 aromatic rings. The SMILES string of the molecule is CC(CC=CCCCCCO)CCC(=O)O. The number of allylic oxidation sites excluding steroid dienone is 2. The molecule has 1 unspecified atom stereocenters. The lowest BCUT2D eigenvalue weighted by Gasteiger charge is -2.05. The van der Waals surface area contributed by atoms with E-state index >= 15 is 0 Å². The summed E-state index contributed by atoms with van der Waals surface area (Å²) in [5.41, 5.74) is 0. The second-order valence-corrected chi connectivity index (χ2v) is 4.32. The van der Waals surface area contributed by atoms with Crippen molar-refractivity contribution in [1.29, 1.82) is 0 Å². The van der Waals surface area contributed by atoms with Gasteiger partial charge in [-0.15, -0.1) is 0 Å². The quantitative estimate of drug-likeness (QED) is 0.446. The van der Waals surface area contributed by atoms with Gasteiger partial charge in [0.1, 0.15) is 0 Å². The van der Waals surface area contributed by atoms with Crippen molar-refractivity contribution in [1.82, 2.24) is 0 Å². The van der Waals surface area contributed by atoms with Crippen molar-refractivity contribution in [3.63, 3.8) is 0 Å². The molecular weight excluding hydrogens is 204 g/mol. The molecule has 3 nitrogen and oxygen atoms in total. The van der Waals surface area contributed by atoms with E-state index in [9.17, 15) is 4.79 Å². The highest BCUT2D eigenvalue weighted by Crippen LogP contribution is 2.11. The molecule has 16 heavy (non-hydrogen) atoms. The summed E-state index contributed by atoms with van der Waals surface area (Å²) in [7, 11) is 0. The van der Waals surface area contributed by atoms with Crippen LogP contribution in [0.5, 0.6) is 0 Å². The van der Waals surface area contributed by atoms with Crippen LogP contribution < -0.4 is 0 Å². The maximum absolute atomic E-state index is 10.3. The number of aliphatic hydroxyl groups is 1. The van der Waals surface area contributed by atoms with Crippen LogP contribution in [0.2, 0.25) is 0 Å². The number of hydrogen-bond donors (Lipinski definition) is 2. The molecule has 2 N–H and O–H groups in total. The van der Waals surface area contributed by atoms with Crippen molar-refractivity contribution in [2.75, 3.05) is 6.61 Å². The van der Waals surface area contributed by atoms with Crippen molar-refractivity contribution in [3.8, 4) is 0 Å². The van der Waals surface area contributed by atoms with E-state index in [1.54, 1.807) is 0 Å². The number of aliphatic carboxylic acids is 1. The monoisotopic (exact) mass is 228 g/mol. The van der Waals surface area contributed by atoms with Crippen LogP contribution >= 0.6 is 0 Å². The molecule has 0 saturated carbocycles. The molecule has 0 fully saturated rings. The minimum atomic E-state index is -0.708. The lowest BCUT2D eigenvalue weighted by atomic mass is 10.0. The Balaban J connectivity index is 3.33. The Bertz CT molecular complexity index is 199. The summed E-state index contributed by atoms with van der Waals surface area (Å²) in [4.78, 5) is 10.3. The van der Waals surface area contributed by atoms with E-state index in [2.05, 4.69) is 19.1 Å². The van der Waals surface area contributed by atoms with Gasteiger partial charge < -0.3 is 10.2 Å². The van der Waals surface area contributed by atoms with Crippen LogP contribution in [0.15, 0.2) is 12.2 Å². The summed E-state index contributed by atoms with van der Waals surface area (Å²) >= 11 is 0. The molecule has 0 aliphatic heterocycles. The molecule has 0 aromatic carbocycles. The van der Waals surface area contributed by atoms with Gasteiger partial charge in [-0.2, -0.15) is 0 Å². The standard InChI is InChI=1S/C13H24O3/c1-12(9-10-13(15)16)8-6-4-2-3-5-7-11-14/h4,6,12,14H,2-3,5,7-11H2,1H3,(H,15,16). The zero-order valence-corrected chi connectivity index (χ0v) is 10.2. The summed E-state index contributed by atoms with van der Waals surface area (Å²) in [6.07, 6.45) is 10.5. The van der Waals surface area contributed by atoms with Crippen molar-refractivity contribution in [2.45, 2.75) is 51.9 Å². The average molecular weight is 228 g/mol. The first-order chi connectivity index (χ1) is 7.66. The van der Waals surface area contributed by atoms with E-state index in [1.165, 1.54) is 0 Å². The molecule has 0 bridgehead atoms. The summed E-state index contributed by atoms with van der Waals surface area (Å²) in [5, 5.41) is 17.1. The fourth-order valence-electron chi connectivity index (χ4n) is 1.48. The molecule has 0 saturated heterocycles. The van der Waals surface area contributed by atoms with Crippen LogP contribution in [-0.2, 0) is 4.79 Å². The number of carboxylic acids is 1. The Labute approximate surface area is 98.2 Å². The number of rotatable bonds is 10. The molecule has 3 heteroatoms. The Morgan fingerprint density at radius 3 is 2.62 bits per heavy atom. The maximum Gasteiger partial charge on any atom is 0.303 e. The summed E-state index contributed by atoms with van der Waals surface area (Å²) < 4.78 is 0. The second kappa shape index (κ2) is 10.7. The lowest BCUT2D eigenvalue weighted by Crippen LogP contribution is -1.99. The molecule has 1 atom stereocenters. The zero-order chi connectivity index (χ0) is 12.2. The third kappa shape index (κ3) is 11.2. The zero-order valence-electron chi connectivity index (χ0n) is 10.2. The molecule has 94 valence electrons. The highest BCUT2D eigenvalue weighted by atomic mass is 16.4. The van der Waals surface area contributed by atoms with E-state index in [0.717, 1.165) is 38.5 Å². The minimum absolute atomic E-state index is 0.269. The smallest absolute Gasteiger partial charge is 0.303 e. The second-order valence-electron chi connectivity index (χ2n) is 4.32. The van der Waals surface area contributed by atoms with Gasteiger partial charge in [0.25, 0.3) is 0 Å². The lowest BCUT2D eigenvalue weighted by molar-refractivity contribution is -0.137. The van der Waals surface area contributed by atoms with Crippen molar-refractivity contribution >= 4 is 5.97 Å². The van der Waals surface area contributed by atoms with Crippen molar-refractivity contribution in [3.05, 3.63) is 12.2 Å². The number of carboxylic acid groups (broad SMARTS) is 1. The van der Waals surface area contributed by atoms with Crippen LogP contribution in [-0.4, -0.2) is 22.8 Å². The Hall–Kier alpha value is -0.830. The fraction of sp³-hybridized carbons (Fsp3) is 0.769. The van der Waals surface area contributed by atoms with E-state index in [1.807, 2.05) is 0 Å². The molecule has 0 radical (unpaired) electrons. The van der Waals surface area contributed by atoms with E-state index in [0.29, 0.717) is 5.92 Å². The number of carbonyl (C=O) groups is 1. The van der Waals surface area contributed by atoms with Gasteiger partial charge in [0.2, 0.25) is 0 Å². The molecule has 0 aliphatic rings. The van der Waals surface area contributed by atoms with Gasteiger partial charge in [-0.25, -0.2) is 0 Å². The van der Waals surface area contributed by atoms with Gasteiger partial charge in [0, 0.05) is 13.0 Å². The Kier molecular flexibility index (Phi) is 10.1. The maximum atomic E-state index is 10.3. The van der Waals surface area contributed by atoms with Crippen LogP contribution in [0.25, 0.3) is 0 Å². The molecule has 0 aliphatic carbocycles. The number of unbranched alkanes of at least 4 members (excludes halogenated alkanes) is 3. The molecular formula is C13H24O3. The van der Waals surface area contributed by atoms with Crippen LogP contribution in [0.1, 0.15) is 51.9 Å². The first-order valence-electron chi connectivity index (χ1n) is 6.14. The first kappa shape index (κ1) is 15.2. The number of aliphatic hydroxyl groups excluding tert-OH is 1. The summed E-state index contributed by atoms with van der Waals surface area (Å²) in [5.74, 6) is -0.260. The highest BCUT2D eigenvalue weighted by molar-refractivity contribution is 5.66. The first-order valence-corrected chi connectivity index (χ1v) is 6.14. The molecule has 0 aromatic heterocycles. The fourth-order valence-corrected chi connectivity index (χ4v) is 1.48. The Morgan fingerprint density at radius 2 is 2.00 bits per heavy atom. The van der Waals surface area contributed by atoms with Crippen LogP contribution in [0.4, 0.5) is 0 Å². The third-order valence-corrected chi connectivity index (χ3v) is 2.59. The van der Waals surface area contributed by atoms with E-state index < -0.39 is 5.97 Å². The average Bonchev–Trinajstić information content (AvgIpc) is 2.25. The summed E-state index contributed by atoms with van der Waals surface area (Å²) in [6, 6.07) is 0. The predicted octanol–water partition coefficient (Wildman–Crippen LogP) is 2.99. The largest absolute Gasteiger partial charge is 0.481 e. The van der Waals surface area contributed by atoms with Gasteiger partial charge in [0.15, 0.2) is 0 Å². The summed E-state index contributed by atoms with van der Waals surface area (Å²) in [6.45, 7) is 2.37. The van der Waals surface area contributed by atoms with Gasteiger partial charge in [-0.05, 0) is 38.0 Å². The Morgan fingerprint density at radius 1 is 1.25 bits per heavy atom. The molecule has 0 rings (SSSR count). The van der Waals surface area contributed by atoms with Crippen LogP contribution in [0, 0.1) is 5.92 Å². The van der Waals surface area contributed by atoms with Gasteiger partial charge in [-0.3, -0.25) is 4.79 Å². The van der Waals surface area contributed by atoms with E-state index in [4.69, 9.17) is 10.2 Å². The molecule has 0 spiro atoms. The molecule has 0 heterocycles. The molecule has 0 amide bonds. The van der Waals surface area contributed by atoms with E-state index in [-0.39, 0.29) is 13.0 Å². The van der Waals surface area contributed by atoms with Crippen molar-refractivity contribution < 1.29 is 15.0 Å². The minimum Gasteiger partial charge on any atom is -0.481 e. The predicted molar refractivity (Wildman–Crippen MR) is 65.3 cm³/mol. The third-order valence-electron chi connectivity index (χ3n) is 2.59. The number of hydrogen-bond acceptors (Lipinski definition) is 2. The van der Waals surface area contributed by atoms with Crippen LogP contribution in [0.3, 0.4) is 0 Å². The normalized spacial score (nSPS) is 13.1. The van der Waals surface area contributed by atoms with Gasteiger partial charge in [-0.1, -0.05) is 25.5 Å². The highest BCUT2D eigenvalue weighted by Gasteiger charge is 2.02. The van der Waals surface area contributed by atoms with Gasteiger partial charge >= 0.3 is 5.97 Å². The van der Waals surface area contributed by atoms with Crippen molar-refractivity contribution in [2.24, 2.45) is 5.92 Å². The topological polar surface area (TPSA) is 57.5 Å².